The second-order valence-corrected chi connectivity index (χ2v) is 6.28. The highest BCUT2D eigenvalue weighted by molar-refractivity contribution is 5.96. The molecule has 0 atom stereocenters. The van der Waals surface area contributed by atoms with Crippen LogP contribution in [0.3, 0.4) is 0 Å². The number of nitrogens with two attached hydrogens (primary N) is 1. The second-order valence-electron chi connectivity index (χ2n) is 6.28. The molecule has 0 spiro atoms. The lowest BCUT2D eigenvalue weighted by molar-refractivity contribution is -0.126. The molecule has 1 aliphatic rings. The standard InChI is InChI=1S/C16H23FN2O/c1-11(2)10-16(7-3-4-8-16)15(20)19-14-9-12(18)5-6-13(14)17/h5-6,9,11H,3-4,7-8,10,18H2,1-2H3,(H,19,20). The van der Waals surface area contributed by atoms with Gasteiger partial charge in [-0.3, -0.25) is 4.79 Å². The van der Waals surface area contributed by atoms with E-state index in [1.165, 1.54) is 18.2 Å². The normalized spacial score (nSPS) is 17.4. The van der Waals surface area contributed by atoms with E-state index in [1.54, 1.807) is 0 Å². The zero-order valence-corrected chi connectivity index (χ0v) is 12.2. The van der Waals surface area contributed by atoms with Crippen LogP contribution >= 0.6 is 0 Å². The maximum absolute atomic E-state index is 13.7. The highest BCUT2D eigenvalue weighted by Crippen LogP contribution is 2.44. The van der Waals surface area contributed by atoms with Gasteiger partial charge in [-0.2, -0.15) is 0 Å². The summed E-state index contributed by atoms with van der Waals surface area (Å²) >= 11 is 0. The third-order valence-corrected chi connectivity index (χ3v) is 4.08. The van der Waals surface area contributed by atoms with E-state index in [0.717, 1.165) is 32.1 Å². The topological polar surface area (TPSA) is 55.1 Å². The van der Waals surface area contributed by atoms with Gasteiger partial charge in [0.05, 0.1) is 5.69 Å². The van der Waals surface area contributed by atoms with Crippen LogP contribution in [-0.4, -0.2) is 5.91 Å². The van der Waals surface area contributed by atoms with Crippen LogP contribution in [0.4, 0.5) is 15.8 Å². The average molecular weight is 278 g/mol. The van der Waals surface area contributed by atoms with Crippen LogP contribution in [0, 0.1) is 17.2 Å². The molecule has 2 rings (SSSR count). The van der Waals surface area contributed by atoms with E-state index in [2.05, 4.69) is 19.2 Å². The third-order valence-electron chi connectivity index (χ3n) is 4.08. The van der Waals surface area contributed by atoms with Crippen molar-refractivity contribution in [2.75, 3.05) is 11.1 Å². The van der Waals surface area contributed by atoms with Crippen molar-refractivity contribution in [1.29, 1.82) is 0 Å². The van der Waals surface area contributed by atoms with Gasteiger partial charge < -0.3 is 11.1 Å². The number of nitrogen functional groups attached to an aromatic ring is 1. The number of amides is 1. The molecular weight excluding hydrogens is 255 g/mol. The highest BCUT2D eigenvalue weighted by Gasteiger charge is 2.41. The Morgan fingerprint density at radius 3 is 2.65 bits per heavy atom. The van der Waals surface area contributed by atoms with Gasteiger partial charge in [-0.1, -0.05) is 26.7 Å². The van der Waals surface area contributed by atoms with Crippen LogP contribution in [0.5, 0.6) is 0 Å². The predicted octanol–water partition coefficient (Wildman–Crippen LogP) is 3.95. The minimum atomic E-state index is -0.440. The second kappa shape index (κ2) is 5.81. The molecule has 0 unspecified atom stereocenters. The van der Waals surface area contributed by atoms with Gasteiger partial charge in [0.1, 0.15) is 5.82 Å². The van der Waals surface area contributed by atoms with Crippen molar-refractivity contribution in [2.45, 2.75) is 46.0 Å². The maximum atomic E-state index is 13.7. The van der Waals surface area contributed by atoms with Gasteiger partial charge in [-0.15, -0.1) is 0 Å². The fourth-order valence-electron chi connectivity index (χ4n) is 3.25. The Balaban J connectivity index is 2.18. The fourth-order valence-corrected chi connectivity index (χ4v) is 3.25. The zero-order chi connectivity index (χ0) is 14.8. The Morgan fingerprint density at radius 2 is 2.05 bits per heavy atom. The lowest BCUT2D eigenvalue weighted by Gasteiger charge is -2.29. The zero-order valence-electron chi connectivity index (χ0n) is 12.2. The number of nitrogens with one attached hydrogen (secondary N) is 1. The molecular formula is C16H23FN2O. The average Bonchev–Trinajstić information content (AvgIpc) is 2.82. The molecule has 1 saturated carbocycles. The van der Waals surface area contributed by atoms with Crippen molar-refractivity contribution < 1.29 is 9.18 Å². The first-order chi connectivity index (χ1) is 9.43. The SMILES string of the molecule is CC(C)CC1(C(=O)Nc2cc(N)ccc2F)CCCC1. The lowest BCUT2D eigenvalue weighted by Crippen LogP contribution is -2.35. The monoisotopic (exact) mass is 278 g/mol. The minimum Gasteiger partial charge on any atom is -0.399 e. The Kier molecular flexibility index (Phi) is 4.31. The quantitative estimate of drug-likeness (QED) is 0.819. The third kappa shape index (κ3) is 3.11. The van der Waals surface area contributed by atoms with Crippen LogP contribution in [0.1, 0.15) is 46.0 Å². The molecule has 1 aromatic carbocycles. The summed E-state index contributed by atoms with van der Waals surface area (Å²) in [6, 6.07) is 4.25. The molecule has 0 aromatic heterocycles. The Labute approximate surface area is 119 Å². The van der Waals surface area contributed by atoms with Gasteiger partial charge >= 0.3 is 0 Å². The molecule has 3 nitrogen and oxygen atoms in total. The molecule has 0 bridgehead atoms. The fraction of sp³-hybridized carbons (Fsp3) is 0.562. The first kappa shape index (κ1) is 14.8. The number of carbonyl (C=O) groups is 1. The lowest BCUT2D eigenvalue weighted by atomic mass is 9.77. The number of rotatable bonds is 4. The summed E-state index contributed by atoms with van der Waals surface area (Å²) in [6.45, 7) is 4.24. The van der Waals surface area contributed by atoms with E-state index in [-0.39, 0.29) is 17.0 Å². The van der Waals surface area contributed by atoms with E-state index in [9.17, 15) is 9.18 Å². The summed E-state index contributed by atoms with van der Waals surface area (Å²) in [5.74, 6) is -0.0528. The Morgan fingerprint density at radius 1 is 1.40 bits per heavy atom. The van der Waals surface area contributed by atoms with Gasteiger partial charge in [0.15, 0.2) is 0 Å². The molecule has 1 aliphatic carbocycles. The van der Waals surface area contributed by atoms with Crippen LogP contribution < -0.4 is 11.1 Å². The van der Waals surface area contributed by atoms with Crippen molar-refractivity contribution in [1.82, 2.24) is 0 Å². The van der Waals surface area contributed by atoms with E-state index >= 15 is 0 Å². The van der Waals surface area contributed by atoms with Gasteiger partial charge in [0.2, 0.25) is 5.91 Å². The summed E-state index contributed by atoms with van der Waals surface area (Å²) in [6.07, 6.45) is 4.77. The number of hydrogen-bond acceptors (Lipinski definition) is 2. The molecule has 110 valence electrons. The number of carbonyl (C=O) groups excluding carboxylic acids is 1. The molecule has 0 saturated heterocycles. The molecule has 0 radical (unpaired) electrons. The first-order valence-electron chi connectivity index (χ1n) is 7.29. The van der Waals surface area contributed by atoms with Gasteiger partial charge in [-0.25, -0.2) is 4.39 Å². The van der Waals surface area contributed by atoms with E-state index in [1.807, 2.05) is 0 Å². The van der Waals surface area contributed by atoms with E-state index in [4.69, 9.17) is 5.73 Å². The summed E-state index contributed by atoms with van der Waals surface area (Å²) in [5, 5.41) is 2.75. The predicted molar refractivity (Wildman–Crippen MR) is 79.8 cm³/mol. The van der Waals surface area contributed by atoms with E-state index < -0.39 is 5.82 Å². The van der Waals surface area contributed by atoms with E-state index in [0.29, 0.717) is 11.6 Å². The van der Waals surface area contributed by atoms with Crippen molar-refractivity contribution >= 4 is 17.3 Å². The summed E-state index contributed by atoms with van der Waals surface area (Å²) < 4.78 is 13.7. The van der Waals surface area contributed by atoms with Crippen LogP contribution in [0.15, 0.2) is 18.2 Å². The maximum Gasteiger partial charge on any atom is 0.230 e. The van der Waals surface area contributed by atoms with Crippen molar-refractivity contribution in [2.24, 2.45) is 11.3 Å². The molecule has 1 amide bonds. The van der Waals surface area contributed by atoms with Crippen LogP contribution in [0.2, 0.25) is 0 Å². The first-order valence-corrected chi connectivity index (χ1v) is 7.29. The van der Waals surface area contributed by atoms with Gasteiger partial charge in [-0.05, 0) is 43.4 Å². The molecule has 3 N–H and O–H groups in total. The summed E-state index contributed by atoms with van der Waals surface area (Å²) in [7, 11) is 0. The Hall–Kier alpha value is -1.58. The van der Waals surface area contributed by atoms with Crippen LogP contribution in [0.25, 0.3) is 0 Å². The molecule has 1 fully saturated rings. The van der Waals surface area contributed by atoms with Crippen molar-refractivity contribution in [3.05, 3.63) is 24.0 Å². The van der Waals surface area contributed by atoms with Crippen molar-refractivity contribution in [3.8, 4) is 0 Å². The highest BCUT2D eigenvalue weighted by atomic mass is 19.1. The van der Waals surface area contributed by atoms with Gasteiger partial charge in [0, 0.05) is 11.1 Å². The summed E-state index contributed by atoms with van der Waals surface area (Å²) in [4.78, 5) is 12.6. The smallest absolute Gasteiger partial charge is 0.230 e. The van der Waals surface area contributed by atoms with Crippen molar-refractivity contribution in [3.63, 3.8) is 0 Å². The minimum absolute atomic E-state index is 0.0619. The van der Waals surface area contributed by atoms with Crippen LogP contribution in [-0.2, 0) is 4.79 Å². The molecule has 4 heteroatoms. The van der Waals surface area contributed by atoms with Gasteiger partial charge in [0.25, 0.3) is 0 Å². The molecule has 0 aliphatic heterocycles. The summed E-state index contributed by atoms with van der Waals surface area (Å²) in [5.41, 5.74) is 5.95. The number of anilines is 2. The largest absolute Gasteiger partial charge is 0.399 e. The number of hydrogen-bond donors (Lipinski definition) is 2. The number of halogens is 1. The molecule has 20 heavy (non-hydrogen) atoms. The molecule has 1 aromatic rings. The molecule has 0 heterocycles. The Bertz CT molecular complexity index is 493. The number of benzene rings is 1.